The number of hydrogen-bond donors (Lipinski definition) is 1. The molecule has 0 amide bonds. The third kappa shape index (κ3) is 2.61. The predicted molar refractivity (Wildman–Crippen MR) is 51.1 cm³/mol. The minimum Gasteiger partial charge on any atom is -0.395 e. The largest absolute Gasteiger partial charge is 0.395 e. The molecule has 0 bridgehead atoms. The van der Waals surface area contributed by atoms with Crippen molar-refractivity contribution in [1.82, 2.24) is 4.90 Å². The molecule has 1 aliphatic heterocycles. The average Bonchev–Trinajstić information content (AvgIpc) is 2.04. The lowest BCUT2D eigenvalue weighted by Gasteiger charge is -2.34. The number of aliphatic hydroxyl groups excluding tert-OH is 1. The second-order valence-corrected chi connectivity index (χ2v) is 3.76. The second-order valence-electron chi connectivity index (χ2n) is 3.76. The van der Waals surface area contributed by atoms with E-state index in [1.807, 2.05) is 6.92 Å². The first-order valence-electron chi connectivity index (χ1n) is 4.73. The Hall–Kier alpha value is -0.340. The monoisotopic (exact) mass is 169 g/mol. The molecule has 12 heavy (non-hydrogen) atoms. The van der Waals surface area contributed by atoms with E-state index in [0.29, 0.717) is 12.6 Å². The van der Waals surface area contributed by atoms with Gasteiger partial charge in [-0.25, -0.2) is 0 Å². The highest BCUT2D eigenvalue weighted by Crippen LogP contribution is 2.17. The Morgan fingerprint density at radius 3 is 2.92 bits per heavy atom. The molecule has 0 aromatic heterocycles. The topological polar surface area (TPSA) is 23.5 Å². The second kappa shape index (κ2) is 4.63. The molecular weight excluding hydrogens is 150 g/mol. The van der Waals surface area contributed by atoms with Crippen molar-refractivity contribution in [3.05, 3.63) is 12.2 Å². The smallest absolute Gasteiger partial charge is 0.0586 e. The van der Waals surface area contributed by atoms with Crippen LogP contribution >= 0.6 is 0 Å². The molecule has 0 saturated carbocycles. The fraction of sp³-hybridized carbons (Fsp3) is 0.800. The van der Waals surface area contributed by atoms with Crippen molar-refractivity contribution in [3.8, 4) is 0 Å². The molecule has 1 aliphatic rings. The molecule has 1 fully saturated rings. The van der Waals surface area contributed by atoms with Crippen LogP contribution < -0.4 is 0 Å². The molecule has 2 nitrogen and oxygen atoms in total. The Morgan fingerprint density at radius 1 is 1.58 bits per heavy atom. The van der Waals surface area contributed by atoms with E-state index in [1.165, 1.54) is 18.4 Å². The Labute approximate surface area is 74.9 Å². The highest BCUT2D eigenvalue weighted by molar-refractivity contribution is 4.94. The van der Waals surface area contributed by atoms with E-state index < -0.39 is 0 Å². The quantitative estimate of drug-likeness (QED) is 0.646. The van der Waals surface area contributed by atoms with Gasteiger partial charge in [0.05, 0.1) is 6.61 Å². The van der Waals surface area contributed by atoms with E-state index in [-0.39, 0.29) is 0 Å². The van der Waals surface area contributed by atoms with Crippen molar-refractivity contribution in [2.75, 3.05) is 19.7 Å². The van der Waals surface area contributed by atoms with Crippen LogP contribution in [-0.2, 0) is 0 Å². The van der Waals surface area contributed by atoms with Crippen LogP contribution in [0.4, 0.5) is 0 Å². The van der Waals surface area contributed by atoms with Crippen LogP contribution in [0.15, 0.2) is 12.2 Å². The van der Waals surface area contributed by atoms with Crippen molar-refractivity contribution < 1.29 is 5.11 Å². The summed E-state index contributed by atoms with van der Waals surface area (Å²) in [7, 11) is 0. The van der Waals surface area contributed by atoms with E-state index in [2.05, 4.69) is 11.5 Å². The molecule has 70 valence electrons. The van der Waals surface area contributed by atoms with Crippen molar-refractivity contribution in [2.45, 2.75) is 32.2 Å². The fourth-order valence-electron chi connectivity index (χ4n) is 1.82. The number of piperidine rings is 1. The predicted octanol–water partition coefficient (Wildman–Crippen LogP) is 1.41. The van der Waals surface area contributed by atoms with Gasteiger partial charge in [-0.1, -0.05) is 18.6 Å². The third-order valence-corrected chi connectivity index (χ3v) is 2.43. The Morgan fingerprint density at radius 2 is 2.33 bits per heavy atom. The van der Waals surface area contributed by atoms with Crippen LogP contribution in [-0.4, -0.2) is 35.7 Å². The lowest BCUT2D eigenvalue weighted by Crippen LogP contribution is -2.42. The van der Waals surface area contributed by atoms with Crippen LogP contribution in [0, 0.1) is 0 Å². The number of likely N-dealkylation sites (tertiary alicyclic amines) is 1. The summed E-state index contributed by atoms with van der Waals surface area (Å²) in [6, 6.07) is 0.385. The van der Waals surface area contributed by atoms with Gasteiger partial charge in [0, 0.05) is 12.6 Å². The molecular formula is C10H19NO. The number of rotatable bonds is 3. The average molecular weight is 169 g/mol. The highest BCUT2D eigenvalue weighted by Gasteiger charge is 2.20. The van der Waals surface area contributed by atoms with Crippen molar-refractivity contribution >= 4 is 0 Å². The van der Waals surface area contributed by atoms with Gasteiger partial charge in [0.1, 0.15) is 0 Å². The number of nitrogens with zero attached hydrogens (tertiary/aromatic N) is 1. The number of aliphatic hydroxyl groups is 1. The minimum atomic E-state index is 0.299. The Bertz CT molecular complexity index is 156. The van der Waals surface area contributed by atoms with E-state index in [1.54, 1.807) is 0 Å². The molecule has 1 unspecified atom stereocenters. The molecule has 2 heteroatoms. The maximum atomic E-state index is 9.10. The summed E-state index contributed by atoms with van der Waals surface area (Å²) in [6.07, 6.45) is 3.67. The van der Waals surface area contributed by atoms with Gasteiger partial charge in [0.25, 0.3) is 0 Å². The molecule has 1 saturated heterocycles. The van der Waals surface area contributed by atoms with Gasteiger partial charge >= 0.3 is 0 Å². The molecule has 1 heterocycles. The van der Waals surface area contributed by atoms with Gasteiger partial charge in [-0.05, 0) is 26.3 Å². The van der Waals surface area contributed by atoms with Crippen LogP contribution in [0.25, 0.3) is 0 Å². The maximum absolute atomic E-state index is 9.10. The van der Waals surface area contributed by atoms with E-state index in [4.69, 9.17) is 5.11 Å². The molecule has 0 radical (unpaired) electrons. The summed E-state index contributed by atoms with van der Waals surface area (Å²) in [5, 5.41) is 9.10. The van der Waals surface area contributed by atoms with Crippen LogP contribution in [0.5, 0.6) is 0 Å². The van der Waals surface area contributed by atoms with Crippen molar-refractivity contribution in [1.29, 1.82) is 0 Å². The van der Waals surface area contributed by atoms with Gasteiger partial charge in [-0.2, -0.15) is 0 Å². The standard InChI is InChI=1S/C10H19NO/c1-9(2)7-11-6-4-3-5-10(11)8-12/h10,12H,1,3-8H2,2H3. The van der Waals surface area contributed by atoms with Gasteiger partial charge in [0.2, 0.25) is 0 Å². The van der Waals surface area contributed by atoms with Crippen LogP contribution in [0.3, 0.4) is 0 Å². The third-order valence-electron chi connectivity index (χ3n) is 2.43. The SMILES string of the molecule is C=C(C)CN1CCCCC1CO. The summed E-state index contributed by atoms with van der Waals surface area (Å²) >= 11 is 0. The first-order valence-corrected chi connectivity index (χ1v) is 4.73. The first-order chi connectivity index (χ1) is 5.74. The van der Waals surface area contributed by atoms with Crippen molar-refractivity contribution in [2.24, 2.45) is 0 Å². The van der Waals surface area contributed by atoms with E-state index >= 15 is 0 Å². The molecule has 1 N–H and O–H groups in total. The van der Waals surface area contributed by atoms with Crippen LogP contribution in [0.2, 0.25) is 0 Å². The highest BCUT2D eigenvalue weighted by atomic mass is 16.3. The molecule has 0 aliphatic carbocycles. The normalized spacial score (nSPS) is 25.7. The molecule has 1 rings (SSSR count). The fourth-order valence-corrected chi connectivity index (χ4v) is 1.82. The zero-order valence-electron chi connectivity index (χ0n) is 7.92. The molecule has 0 aromatic rings. The summed E-state index contributed by atoms with van der Waals surface area (Å²) in [4.78, 5) is 2.34. The zero-order valence-corrected chi connectivity index (χ0v) is 7.92. The van der Waals surface area contributed by atoms with Crippen molar-refractivity contribution in [3.63, 3.8) is 0 Å². The summed E-state index contributed by atoms with van der Waals surface area (Å²) < 4.78 is 0. The zero-order chi connectivity index (χ0) is 8.97. The molecule has 1 atom stereocenters. The molecule has 0 spiro atoms. The first kappa shape index (κ1) is 9.75. The lowest BCUT2D eigenvalue weighted by molar-refractivity contribution is 0.0987. The minimum absolute atomic E-state index is 0.299. The summed E-state index contributed by atoms with van der Waals surface area (Å²) in [5.74, 6) is 0. The van der Waals surface area contributed by atoms with Gasteiger partial charge < -0.3 is 5.11 Å². The Balaban J connectivity index is 2.41. The lowest BCUT2D eigenvalue weighted by atomic mass is 10.0. The Kier molecular flexibility index (Phi) is 3.76. The van der Waals surface area contributed by atoms with Gasteiger partial charge in [0.15, 0.2) is 0 Å². The maximum Gasteiger partial charge on any atom is 0.0586 e. The number of hydrogen-bond acceptors (Lipinski definition) is 2. The van der Waals surface area contributed by atoms with Crippen LogP contribution in [0.1, 0.15) is 26.2 Å². The van der Waals surface area contributed by atoms with E-state index in [9.17, 15) is 0 Å². The van der Waals surface area contributed by atoms with E-state index in [0.717, 1.165) is 19.5 Å². The summed E-state index contributed by atoms with van der Waals surface area (Å²) in [5.41, 5.74) is 1.19. The molecule has 0 aromatic carbocycles. The summed E-state index contributed by atoms with van der Waals surface area (Å²) in [6.45, 7) is 8.31. The van der Waals surface area contributed by atoms with Gasteiger partial charge in [-0.15, -0.1) is 0 Å². The van der Waals surface area contributed by atoms with Gasteiger partial charge in [-0.3, -0.25) is 4.90 Å².